The third-order valence-corrected chi connectivity index (χ3v) is 5.63. The summed E-state index contributed by atoms with van der Waals surface area (Å²) in [7, 11) is 0. The minimum atomic E-state index is -0.930. The molecule has 5 atom stereocenters. The van der Waals surface area contributed by atoms with Crippen LogP contribution in [0.1, 0.15) is 30.1 Å². The van der Waals surface area contributed by atoms with Crippen molar-refractivity contribution >= 4 is 0 Å². The van der Waals surface area contributed by atoms with Crippen LogP contribution in [-0.2, 0) is 6.42 Å². The highest BCUT2D eigenvalue weighted by Gasteiger charge is 2.32. The molecular weight excluding hydrogens is 396 g/mol. The van der Waals surface area contributed by atoms with Gasteiger partial charge < -0.3 is 30.1 Å². The van der Waals surface area contributed by atoms with Gasteiger partial charge in [0.1, 0.15) is 47.5 Å². The number of benzene rings is 2. The van der Waals surface area contributed by atoms with E-state index in [4.69, 9.17) is 9.47 Å². The van der Waals surface area contributed by atoms with E-state index in [1.54, 1.807) is 6.07 Å². The van der Waals surface area contributed by atoms with Crippen molar-refractivity contribution in [1.82, 2.24) is 5.32 Å². The molecule has 0 unspecified atom stereocenters. The quantitative estimate of drug-likeness (QED) is 0.569. The van der Waals surface area contributed by atoms with Crippen LogP contribution in [0.3, 0.4) is 0 Å². The van der Waals surface area contributed by atoms with Gasteiger partial charge in [-0.1, -0.05) is 0 Å². The lowest BCUT2D eigenvalue weighted by atomic mass is 9.96. The van der Waals surface area contributed by atoms with E-state index in [1.165, 1.54) is 30.3 Å². The Morgan fingerprint density at radius 1 is 0.933 bits per heavy atom. The standard InChI is InChI=1S/C22H25F2NO5/c23-13-2-5-19-12(7-13)1-4-21(29-19)17(27)10-25-11-18(28)22-9-16(26)15-8-14(24)3-6-20(15)30-22/h2-3,5-8,16-18,21-22,25-28H,1,4,9-11H2/t16-,17+,18-,21-,22-/m1/s1. The average Bonchev–Trinajstić information content (AvgIpc) is 2.73. The maximum Gasteiger partial charge on any atom is 0.129 e. The van der Waals surface area contributed by atoms with Crippen LogP contribution in [0.4, 0.5) is 8.78 Å². The monoisotopic (exact) mass is 421 g/mol. The van der Waals surface area contributed by atoms with E-state index < -0.39 is 36.3 Å². The van der Waals surface area contributed by atoms with Crippen LogP contribution < -0.4 is 14.8 Å². The molecule has 2 aliphatic rings. The summed E-state index contributed by atoms with van der Waals surface area (Å²) in [5, 5.41) is 34.1. The fourth-order valence-corrected chi connectivity index (χ4v) is 3.97. The van der Waals surface area contributed by atoms with Crippen molar-refractivity contribution in [3.05, 3.63) is 59.2 Å². The van der Waals surface area contributed by atoms with Gasteiger partial charge in [0.05, 0.1) is 6.10 Å². The highest BCUT2D eigenvalue weighted by molar-refractivity contribution is 5.38. The van der Waals surface area contributed by atoms with Gasteiger partial charge in [0.2, 0.25) is 0 Å². The van der Waals surface area contributed by atoms with Crippen molar-refractivity contribution in [1.29, 1.82) is 0 Å². The number of fused-ring (bicyclic) bond motifs is 2. The molecule has 2 heterocycles. The Morgan fingerprint density at radius 2 is 1.57 bits per heavy atom. The third kappa shape index (κ3) is 4.57. The van der Waals surface area contributed by atoms with Crippen molar-refractivity contribution in [2.75, 3.05) is 13.1 Å². The smallest absolute Gasteiger partial charge is 0.129 e. The van der Waals surface area contributed by atoms with E-state index in [0.29, 0.717) is 29.9 Å². The van der Waals surface area contributed by atoms with E-state index in [1.807, 2.05) is 0 Å². The van der Waals surface area contributed by atoms with Crippen molar-refractivity contribution in [3.63, 3.8) is 0 Å². The molecule has 162 valence electrons. The lowest BCUT2D eigenvalue weighted by molar-refractivity contribution is -0.0175. The summed E-state index contributed by atoms with van der Waals surface area (Å²) in [5.74, 6) is 0.162. The second-order valence-corrected chi connectivity index (χ2v) is 7.83. The lowest BCUT2D eigenvalue weighted by Crippen LogP contribution is -2.46. The fourth-order valence-electron chi connectivity index (χ4n) is 3.97. The first kappa shape index (κ1) is 21.0. The normalized spacial score (nSPS) is 24.8. The summed E-state index contributed by atoms with van der Waals surface area (Å²) in [5.41, 5.74) is 1.16. The topological polar surface area (TPSA) is 91.2 Å². The van der Waals surface area contributed by atoms with Gasteiger partial charge in [-0.25, -0.2) is 8.78 Å². The zero-order chi connectivity index (χ0) is 21.3. The van der Waals surface area contributed by atoms with E-state index in [9.17, 15) is 24.1 Å². The third-order valence-electron chi connectivity index (χ3n) is 5.63. The first-order valence-corrected chi connectivity index (χ1v) is 10.1. The molecule has 0 saturated heterocycles. The SMILES string of the molecule is O[C@@H]1C[C@H]([C@H](O)CNC[C@H](O)[C@H]2CCc3cc(F)ccc3O2)Oc2ccc(F)cc21. The van der Waals surface area contributed by atoms with Gasteiger partial charge in [0.25, 0.3) is 0 Å². The molecule has 8 heteroatoms. The van der Waals surface area contributed by atoms with Crippen LogP contribution in [-0.4, -0.2) is 52.8 Å². The van der Waals surface area contributed by atoms with Gasteiger partial charge in [0.15, 0.2) is 0 Å². The van der Waals surface area contributed by atoms with E-state index in [-0.39, 0.29) is 25.3 Å². The van der Waals surface area contributed by atoms with Crippen molar-refractivity contribution in [2.45, 2.75) is 49.8 Å². The maximum absolute atomic E-state index is 13.3. The number of rotatable bonds is 6. The Morgan fingerprint density at radius 3 is 2.33 bits per heavy atom. The molecule has 6 nitrogen and oxygen atoms in total. The highest BCUT2D eigenvalue weighted by Crippen LogP contribution is 2.36. The number of hydrogen-bond acceptors (Lipinski definition) is 6. The van der Waals surface area contributed by atoms with Crippen LogP contribution >= 0.6 is 0 Å². The van der Waals surface area contributed by atoms with Gasteiger partial charge in [0, 0.05) is 25.1 Å². The largest absolute Gasteiger partial charge is 0.487 e. The summed E-state index contributed by atoms with van der Waals surface area (Å²) < 4.78 is 38.1. The number of halogens is 2. The van der Waals surface area contributed by atoms with Crippen LogP contribution in [0, 0.1) is 11.6 Å². The molecule has 0 aromatic heterocycles. The zero-order valence-corrected chi connectivity index (χ0v) is 16.3. The Balaban J connectivity index is 1.26. The van der Waals surface area contributed by atoms with Crippen molar-refractivity contribution in [2.24, 2.45) is 0 Å². The second kappa shape index (κ2) is 8.85. The lowest BCUT2D eigenvalue weighted by Gasteiger charge is -2.33. The molecule has 0 fully saturated rings. The molecule has 0 radical (unpaired) electrons. The number of aliphatic hydroxyl groups is 3. The molecule has 0 bridgehead atoms. The highest BCUT2D eigenvalue weighted by atomic mass is 19.1. The Kier molecular flexibility index (Phi) is 6.19. The summed E-state index contributed by atoms with van der Waals surface area (Å²) in [6.07, 6.45) is -2.43. The van der Waals surface area contributed by atoms with Crippen LogP contribution in [0.5, 0.6) is 11.5 Å². The number of aryl methyl sites for hydroxylation is 1. The summed E-state index contributed by atoms with van der Waals surface area (Å²) in [4.78, 5) is 0. The average molecular weight is 421 g/mol. The van der Waals surface area contributed by atoms with Crippen LogP contribution in [0.2, 0.25) is 0 Å². The first-order valence-electron chi connectivity index (χ1n) is 10.1. The molecule has 0 saturated carbocycles. The Labute approximate surface area is 173 Å². The van der Waals surface area contributed by atoms with Gasteiger partial charge in [-0.3, -0.25) is 0 Å². The van der Waals surface area contributed by atoms with Crippen molar-refractivity contribution in [3.8, 4) is 11.5 Å². The van der Waals surface area contributed by atoms with E-state index in [2.05, 4.69) is 5.32 Å². The summed E-state index contributed by atoms with van der Waals surface area (Å²) >= 11 is 0. The number of nitrogens with one attached hydrogen (secondary N) is 1. The van der Waals surface area contributed by atoms with Gasteiger partial charge >= 0.3 is 0 Å². The van der Waals surface area contributed by atoms with E-state index in [0.717, 1.165) is 5.56 Å². The van der Waals surface area contributed by atoms with Crippen LogP contribution in [0.25, 0.3) is 0 Å². The molecule has 0 spiro atoms. The molecule has 2 aromatic rings. The van der Waals surface area contributed by atoms with Gasteiger partial charge in [-0.05, 0) is 54.8 Å². The van der Waals surface area contributed by atoms with Crippen molar-refractivity contribution < 1.29 is 33.6 Å². The predicted molar refractivity (Wildman–Crippen MR) is 104 cm³/mol. The molecule has 2 aromatic carbocycles. The first-order chi connectivity index (χ1) is 14.4. The molecular formula is C22H25F2NO5. The zero-order valence-electron chi connectivity index (χ0n) is 16.3. The predicted octanol–water partition coefficient (Wildman–Crippen LogP) is 1.85. The minimum Gasteiger partial charge on any atom is -0.487 e. The summed E-state index contributed by atoms with van der Waals surface area (Å²) in [6, 6.07) is 8.24. The molecule has 4 rings (SSSR count). The number of hydrogen-bond donors (Lipinski definition) is 4. The molecule has 0 amide bonds. The number of aliphatic hydroxyl groups excluding tert-OH is 3. The number of ether oxygens (including phenoxy) is 2. The van der Waals surface area contributed by atoms with E-state index >= 15 is 0 Å². The molecule has 2 aliphatic heterocycles. The maximum atomic E-state index is 13.3. The Hall–Kier alpha value is -2.26. The second-order valence-electron chi connectivity index (χ2n) is 7.83. The Bertz CT molecular complexity index is 896. The van der Waals surface area contributed by atoms with Gasteiger partial charge in [-0.2, -0.15) is 0 Å². The van der Waals surface area contributed by atoms with Gasteiger partial charge in [-0.15, -0.1) is 0 Å². The molecule has 4 N–H and O–H groups in total. The molecule has 30 heavy (non-hydrogen) atoms. The van der Waals surface area contributed by atoms with Crippen LogP contribution in [0.15, 0.2) is 36.4 Å². The minimum absolute atomic E-state index is 0.138. The molecule has 0 aliphatic carbocycles. The summed E-state index contributed by atoms with van der Waals surface area (Å²) in [6.45, 7) is 0.328. The fraction of sp³-hybridized carbons (Fsp3) is 0.455.